The second-order valence-electron chi connectivity index (χ2n) is 7.50. The molecule has 3 aliphatic rings. The van der Waals surface area contributed by atoms with Gasteiger partial charge >= 0.3 is 0 Å². The summed E-state index contributed by atoms with van der Waals surface area (Å²) in [5, 5.41) is 0. The summed E-state index contributed by atoms with van der Waals surface area (Å²) in [5.41, 5.74) is 2.33. The van der Waals surface area contributed by atoms with Gasteiger partial charge in [-0.25, -0.2) is 4.90 Å². The molecule has 0 aromatic heterocycles. The molecule has 1 aromatic rings. The number of benzene rings is 1. The summed E-state index contributed by atoms with van der Waals surface area (Å²) in [6, 6.07) is 10.5. The summed E-state index contributed by atoms with van der Waals surface area (Å²) in [4.78, 5) is 28.0. The van der Waals surface area contributed by atoms with E-state index in [1.807, 2.05) is 6.07 Å². The van der Waals surface area contributed by atoms with Crippen molar-refractivity contribution in [2.24, 2.45) is 5.41 Å². The van der Waals surface area contributed by atoms with Gasteiger partial charge in [0.2, 0.25) is 11.8 Å². The zero-order chi connectivity index (χ0) is 16.6. The number of amides is 2. The summed E-state index contributed by atoms with van der Waals surface area (Å²) >= 11 is 0. The Hall–Kier alpha value is -1.94. The zero-order valence-electron chi connectivity index (χ0n) is 14.1. The van der Waals surface area contributed by atoms with Gasteiger partial charge in [0.25, 0.3) is 0 Å². The maximum atomic E-state index is 12.8. The highest BCUT2D eigenvalue weighted by Crippen LogP contribution is 2.46. The first-order valence-electron chi connectivity index (χ1n) is 9.11. The van der Waals surface area contributed by atoms with Crippen LogP contribution < -0.4 is 4.90 Å². The van der Waals surface area contributed by atoms with Gasteiger partial charge in [0.15, 0.2) is 6.67 Å². The molecule has 2 aliphatic heterocycles. The molecule has 1 spiro atoms. The fraction of sp³-hybridized carbons (Fsp3) is 0.500. The zero-order valence-corrected chi connectivity index (χ0v) is 14.1. The highest BCUT2D eigenvalue weighted by atomic mass is 16.2. The lowest BCUT2D eigenvalue weighted by molar-refractivity contribution is -0.902. The summed E-state index contributed by atoms with van der Waals surface area (Å²) < 4.78 is 0. The Morgan fingerprint density at radius 3 is 2.50 bits per heavy atom. The quantitative estimate of drug-likeness (QED) is 0.859. The first kappa shape index (κ1) is 15.6. The number of carbonyl (C=O) groups excluding carboxylic acids is 2. The smallest absolute Gasteiger partial charge is 0.240 e. The monoisotopic (exact) mass is 325 g/mol. The predicted octanol–water partition coefficient (Wildman–Crippen LogP) is 1.64. The van der Waals surface area contributed by atoms with Crippen LogP contribution in [0.1, 0.15) is 44.1 Å². The molecule has 2 heterocycles. The fourth-order valence-electron chi connectivity index (χ4n) is 4.53. The van der Waals surface area contributed by atoms with Gasteiger partial charge in [-0.3, -0.25) is 9.59 Å². The van der Waals surface area contributed by atoms with E-state index in [-0.39, 0.29) is 17.2 Å². The summed E-state index contributed by atoms with van der Waals surface area (Å²) in [7, 11) is 0. The van der Waals surface area contributed by atoms with Crippen molar-refractivity contribution in [2.75, 3.05) is 19.8 Å². The molecule has 126 valence electrons. The number of hydrogen-bond acceptors (Lipinski definition) is 2. The van der Waals surface area contributed by atoms with Crippen LogP contribution in [0.2, 0.25) is 0 Å². The second kappa shape index (κ2) is 6.17. The van der Waals surface area contributed by atoms with E-state index in [0.29, 0.717) is 13.1 Å². The minimum Gasteiger partial charge on any atom is -0.314 e. The van der Waals surface area contributed by atoms with E-state index in [4.69, 9.17) is 0 Å². The second-order valence-corrected chi connectivity index (χ2v) is 7.50. The Kier molecular flexibility index (Phi) is 4.01. The average Bonchev–Trinajstić information content (AvgIpc) is 3.17. The molecule has 0 radical (unpaired) electrons. The van der Waals surface area contributed by atoms with Crippen LogP contribution in [0.3, 0.4) is 0 Å². The highest BCUT2D eigenvalue weighted by molar-refractivity contribution is 6.05. The summed E-state index contributed by atoms with van der Waals surface area (Å²) in [6.45, 7) is 2.40. The van der Waals surface area contributed by atoms with Gasteiger partial charge < -0.3 is 4.90 Å². The molecule has 1 unspecified atom stereocenters. The van der Waals surface area contributed by atoms with Gasteiger partial charge in [-0.2, -0.15) is 0 Å². The van der Waals surface area contributed by atoms with E-state index < -0.39 is 0 Å². The Labute approximate surface area is 143 Å². The van der Waals surface area contributed by atoms with Gasteiger partial charge in [-0.15, -0.1) is 0 Å². The lowest BCUT2D eigenvalue weighted by Crippen LogP contribution is -3.14. The number of carbonyl (C=O) groups is 2. The van der Waals surface area contributed by atoms with Crippen LogP contribution in [-0.2, 0) is 9.59 Å². The van der Waals surface area contributed by atoms with Gasteiger partial charge in [0.05, 0.1) is 18.5 Å². The third kappa shape index (κ3) is 2.69. The molecule has 1 saturated heterocycles. The molecule has 1 N–H and O–H groups in total. The van der Waals surface area contributed by atoms with E-state index in [2.05, 4.69) is 30.3 Å². The number of likely N-dealkylation sites (tertiary alicyclic amines) is 1. The highest BCUT2D eigenvalue weighted by Gasteiger charge is 2.53. The van der Waals surface area contributed by atoms with Crippen LogP contribution in [-0.4, -0.2) is 36.5 Å². The molecule has 1 aliphatic carbocycles. The predicted molar refractivity (Wildman–Crippen MR) is 92.0 cm³/mol. The Morgan fingerprint density at radius 2 is 1.83 bits per heavy atom. The average molecular weight is 325 g/mol. The van der Waals surface area contributed by atoms with Crippen LogP contribution in [0.15, 0.2) is 36.4 Å². The number of rotatable bonds is 3. The largest absolute Gasteiger partial charge is 0.314 e. The lowest BCUT2D eigenvalue weighted by Gasteiger charge is -2.28. The number of nitrogens with zero attached hydrogens (tertiary/aromatic N) is 1. The number of hydrogen-bond donors (Lipinski definition) is 1. The minimum atomic E-state index is -0.336. The van der Waals surface area contributed by atoms with Gasteiger partial charge in [-0.05, 0) is 30.1 Å². The van der Waals surface area contributed by atoms with Crippen LogP contribution in [0.4, 0.5) is 0 Å². The molecule has 2 fully saturated rings. The third-order valence-electron chi connectivity index (χ3n) is 5.96. The molecular weight excluding hydrogens is 300 g/mol. The normalized spacial score (nSPS) is 26.2. The van der Waals surface area contributed by atoms with Crippen LogP contribution in [0, 0.1) is 5.41 Å². The lowest BCUT2D eigenvalue weighted by atomic mass is 9.85. The van der Waals surface area contributed by atoms with Crippen molar-refractivity contribution in [1.29, 1.82) is 0 Å². The number of nitrogens with one attached hydrogen (secondary N) is 1. The van der Waals surface area contributed by atoms with Crippen LogP contribution >= 0.6 is 0 Å². The SMILES string of the molecule is O=C1CC2(CCCC2)C(=O)N1C[NH+]1CC=C(c2ccccc2)CC1. The van der Waals surface area contributed by atoms with Gasteiger partial charge in [0, 0.05) is 12.8 Å². The molecule has 0 bridgehead atoms. The molecule has 4 nitrogen and oxygen atoms in total. The first-order chi connectivity index (χ1) is 11.7. The topological polar surface area (TPSA) is 41.8 Å². The molecular formula is C20H25N2O2+. The Bertz CT molecular complexity index is 674. The Morgan fingerprint density at radius 1 is 1.08 bits per heavy atom. The van der Waals surface area contributed by atoms with E-state index in [0.717, 1.165) is 45.2 Å². The number of imide groups is 1. The maximum absolute atomic E-state index is 12.8. The fourth-order valence-corrected chi connectivity index (χ4v) is 4.53. The minimum absolute atomic E-state index is 0.0484. The summed E-state index contributed by atoms with van der Waals surface area (Å²) in [5.74, 6) is 0.155. The maximum Gasteiger partial charge on any atom is 0.240 e. The van der Waals surface area contributed by atoms with E-state index in [9.17, 15) is 9.59 Å². The third-order valence-corrected chi connectivity index (χ3v) is 5.96. The first-order valence-corrected chi connectivity index (χ1v) is 9.11. The standard InChI is InChI=1S/C20H24N2O2/c23-18-14-20(10-4-5-11-20)19(24)22(18)15-21-12-8-17(9-13-21)16-6-2-1-3-7-16/h1-3,6-8H,4-5,9-15H2/p+1. The summed E-state index contributed by atoms with van der Waals surface area (Å²) in [6.07, 6.45) is 7.71. The Balaban J connectivity index is 1.41. The molecule has 1 saturated carbocycles. The van der Waals surface area contributed by atoms with Crippen molar-refractivity contribution >= 4 is 17.4 Å². The molecule has 4 rings (SSSR count). The van der Waals surface area contributed by atoms with Crippen LogP contribution in [0.25, 0.3) is 5.57 Å². The van der Waals surface area contributed by atoms with Crippen LogP contribution in [0.5, 0.6) is 0 Å². The van der Waals surface area contributed by atoms with Crippen molar-refractivity contribution in [1.82, 2.24) is 4.90 Å². The van der Waals surface area contributed by atoms with Crippen molar-refractivity contribution in [2.45, 2.75) is 38.5 Å². The van der Waals surface area contributed by atoms with Crippen molar-refractivity contribution in [3.8, 4) is 0 Å². The van der Waals surface area contributed by atoms with Crippen molar-refractivity contribution < 1.29 is 14.5 Å². The molecule has 24 heavy (non-hydrogen) atoms. The van der Waals surface area contributed by atoms with Gasteiger partial charge in [-0.1, -0.05) is 43.2 Å². The number of quaternary nitrogens is 1. The molecule has 1 atom stereocenters. The van der Waals surface area contributed by atoms with Crippen molar-refractivity contribution in [3.63, 3.8) is 0 Å². The van der Waals surface area contributed by atoms with E-state index in [1.165, 1.54) is 16.0 Å². The van der Waals surface area contributed by atoms with E-state index >= 15 is 0 Å². The molecule has 2 amide bonds. The van der Waals surface area contributed by atoms with Gasteiger partial charge in [0.1, 0.15) is 0 Å². The molecule has 1 aromatic carbocycles. The van der Waals surface area contributed by atoms with E-state index in [1.54, 1.807) is 4.90 Å². The van der Waals surface area contributed by atoms with Crippen molar-refractivity contribution in [3.05, 3.63) is 42.0 Å². The molecule has 4 heteroatoms.